The summed E-state index contributed by atoms with van der Waals surface area (Å²) in [5.41, 5.74) is 5.38. The van der Waals surface area contributed by atoms with E-state index in [1.807, 2.05) is 44.2 Å². The first kappa shape index (κ1) is 17.1. The Balaban J connectivity index is 2.23. The highest BCUT2D eigenvalue weighted by Crippen LogP contribution is 2.25. The van der Waals surface area contributed by atoms with E-state index in [4.69, 9.17) is 4.74 Å². The van der Waals surface area contributed by atoms with E-state index < -0.39 is 0 Å². The molecule has 0 saturated carbocycles. The number of carbonyl (C=O) groups excluding carboxylic acids is 1. The molecule has 0 aromatic heterocycles. The Bertz CT molecular complexity index is 692. The molecule has 1 amide bonds. The number of nitrogens with one attached hydrogen (secondary N) is 1. The maximum Gasteiger partial charge on any atom is 0.224 e. The fourth-order valence-electron chi connectivity index (χ4n) is 2.57. The minimum Gasteiger partial charge on any atom is -0.489 e. The molecule has 23 heavy (non-hydrogen) atoms. The van der Waals surface area contributed by atoms with Crippen molar-refractivity contribution in [1.82, 2.24) is 0 Å². The Morgan fingerprint density at radius 1 is 1.09 bits per heavy atom. The van der Waals surface area contributed by atoms with E-state index >= 15 is 0 Å². The largest absolute Gasteiger partial charge is 0.489 e. The Hall–Kier alpha value is -2.29. The number of amides is 1. The van der Waals surface area contributed by atoms with E-state index in [1.165, 1.54) is 5.56 Å². The summed E-state index contributed by atoms with van der Waals surface area (Å²) in [6, 6.07) is 12.2. The maximum atomic E-state index is 11.8. The summed E-state index contributed by atoms with van der Waals surface area (Å²) in [6.45, 7) is 8.50. The molecule has 3 nitrogen and oxygen atoms in total. The molecule has 0 bridgehead atoms. The molecule has 0 unspecified atom stereocenters. The molecular formula is C20H25NO2. The highest BCUT2D eigenvalue weighted by molar-refractivity contribution is 5.92. The first-order valence-corrected chi connectivity index (χ1v) is 8.15. The molecule has 0 atom stereocenters. The summed E-state index contributed by atoms with van der Waals surface area (Å²) in [7, 11) is 0. The lowest BCUT2D eigenvalue weighted by atomic mass is 10.0. The maximum absolute atomic E-state index is 11.8. The molecule has 0 fully saturated rings. The fourth-order valence-corrected chi connectivity index (χ4v) is 2.57. The van der Waals surface area contributed by atoms with Gasteiger partial charge >= 0.3 is 0 Å². The summed E-state index contributed by atoms with van der Waals surface area (Å²) < 4.78 is 5.98. The van der Waals surface area contributed by atoms with Gasteiger partial charge in [-0.3, -0.25) is 4.79 Å². The van der Waals surface area contributed by atoms with Gasteiger partial charge in [-0.25, -0.2) is 0 Å². The number of para-hydroxylation sites is 1. The highest BCUT2D eigenvalue weighted by Gasteiger charge is 2.11. The van der Waals surface area contributed by atoms with Gasteiger partial charge < -0.3 is 10.1 Å². The van der Waals surface area contributed by atoms with Gasteiger partial charge in [0.05, 0.1) is 5.69 Å². The van der Waals surface area contributed by atoms with Crippen LogP contribution < -0.4 is 10.1 Å². The molecular weight excluding hydrogens is 286 g/mol. The molecule has 0 aliphatic carbocycles. The van der Waals surface area contributed by atoms with E-state index in [1.54, 1.807) is 0 Å². The summed E-state index contributed by atoms with van der Waals surface area (Å²) in [6.07, 6.45) is 1.34. The average molecular weight is 311 g/mol. The summed E-state index contributed by atoms with van der Waals surface area (Å²) in [4.78, 5) is 11.8. The van der Waals surface area contributed by atoms with Crippen LogP contribution in [0.2, 0.25) is 0 Å². The second-order valence-electron chi connectivity index (χ2n) is 5.76. The number of anilines is 1. The second kappa shape index (κ2) is 7.82. The number of rotatable bonds is 6. The quantitative estimate of drug-likeness (QED) is 0.832. The van der Waals surface area contributed by atoms with Crippen molar-refractivity contribution >= 4 is 11.6 Å². The number of carbonyl (C=O) groups is 1. The molecule has 2 rings (SSSR count). The van der Waals surface area contributed by atoms with Crippen LogP contribution in [0, 0.1) is 13.8 Å². The van der Waals surface area contributed by atoms with E-state index in [2.05, 4.69) is 25.2 Å². The lowest BCUT2D eigenvalue weighted by molar-refractivity contribution is -0.115. The number of aryl methyl sites for hydroxylation is 3. The predicted octanol–water partition coefficient (Wildman–Crippen LogP) is 4.79. The van der Waals surface area contributed by atoms with Crippen LogP contribution in [0.4, 0.5) is 5.69 Å². The van der Waals surface area contributed by atoms with Crippen LogP contribution in [0.3, 0.4) is 0 Å². The lowest BCUT2D eigenvalue weighted by Gasteiger charge is -2.16. The summed E-state index contributed by atoms with van der Waals surface area (Å²) in [5.74, 6) is 0.906. The van der Waals surface area contributed by atoms with Crippen LogP contribution in [0.1, 0.15) is 42.5 Å². The van der Waals surface area contributed by atoms with Crippen molar-refractivity contribution in [2.75, 3.05) is 5.32 Å². The monoisotopic (exact) mass is 311 g/mol. The number of ether oxygens (including phenoxy) is 1. The van der Waals surface area contributed by atoms with Crippen molar-refractivity contribution in [3.05, 3.63) is 58.7 Å². The first-order chi connectivity index (χ1) is 11.0. The van der Waals surface area contributed by atoms with Gasteiger partial charge in [0.15, 0.2) is 0 Å². The zero-order valence-electron chi connectivity index (χ0n) is 14.4. The Morgan fingerprint density at radius 3 is 2.48 bits per heavy atom. The third-order valence-electron chi connectivity index (χ3n) is 3.92. The van der Waals surface area contributed by atoms with Gasteiger partial charge in [-0.15, -0.1) is 0 Å². The minimum absolute atomic E-state index is 0.0265. The zero-order valence-corrected chi connectivity index (χ0v) is 14.4. The molecule has 3 heteroatoms. The van der Waals surface area contributed by atoms with Crippen LogP contribution in [-0.2, 0) is 17.8 Å². The molecule has 0 saturated heterocycles. The van der Waals surface area contributed by atoms with Gasteiger partial charge in [0.25, 0.3) is 0 Å². The smallest absolute Gasteiger partial charge is 0.224 e. The van der Waals surface area contributed by atoms with Crippen molar-refractivity contribution < 1.29 is 9.53 Å². The lowest BCUT2D eigenvalue weighted by Crippen LogP contribution is -2.14. The van der Waals surface area contributed by atoms with Crippen molar-refractivity contribution in [2.45, 2.75) is 47.1 Å². The van der Waals surface area contributed by atoms with E-state index in [9.17, 15) is 4.79 Å². The van der Waals surface area contributed by atoms with Crippen molar-refractivity contribution in [1.29, 1.82) is 0 Å². The third kappa shape index (κ3) is 4.35. The fraction of sp³-hybridized carbons (Fsp3) is 0.350. The van der Waals surface area contributed by atoms with Crippen LogP contribution in [-0.4, -0.2) is 5.91 Å². The van der Waals surface area contributed by atoms with Crippen molar-refractivity contribution in [3.8, 4) is 5.75 Å². The van der Waals surface area contributed by atoms with Crippen LogP contribution >= 0.6 is 0 Å². The van der Waals surface area contributed by atoms with E-state index in [0.29, 0.717) is 13.0 Å². The second-order valence-corrected chi connectivity index (χ2v) is 5.76. The van der Waals surface area contributed by atoms with Gasteiger partial charge in [0.1, 0.15) is 12.4 Å². The van der Waals surface area contributed by atoms with Crippen LogP contribution in [0.15, 0.2) is 36.4 Å². The van der Waals surface area contributed by atoms with Gasteiger partial charge in [-0.1, -0.05) is 49.7 Å². The Kier molecular flexibility index (Phi) is 5.80. The van der Waals surface area contributed by atoms with E-state index in [0.717, 1.165) is 34.5 Å². The molecule has 0 spiro atoms. The van der Waals surface area contributed by atoms with Crippen molar-refractivity contribution in [3.63, 3.8) is 0 Å². The summed E-state index contributed by atoms with van der Waals surface area (Å²) in [5, 5.41) is 3.02. The normalized spacial score (nSPS) is 10.4. The minimum atomic E-state index is 0.0265. The zero-order chi connectivity index (χ0) is 16.8. The molecule has 2 aromatic carbocycles. The van der Waals surface area contributed by atoms with Gasteiger partial charge in [-0.2, -0.15) is 0 Å². The number of hydrogen-bond acceptors (Lipinski definition) is 2. The molecule has 0 heterocycles. The van der Waals surface area contributed by atoms with Crippen molar-refractivity contribution in [2.24, 2.45) is 0 Å². The standard InChI is InChI=1S/C20H25NO2/c1-5-16-8-7-9-17(20(16)21-19(22)6-2)13-23-18-11-10-14(3)12-15(18)4/h7-12H,5-6,13H2,1-4H3,(H,21,22). The predicted molar refractivity (Wildman–Crippen MR) is 95.0 cm³/mol. The Labute approximate surface area is 138 Å². The Morgan fingerprint density at radius 2 is 1.83 bits per heavy atom. The van der Waals surface area contributed by atoms with E-state index in [-0.39, 0.29) is 5.91 Å². The van der Waals surface area contributed by atoms with Gasteiger partial charge in [-0.05, 0) is 37.5 Å². The van der Waals surface area contributed by atoms with Crippen LogP contribution in [0.5, 0.6) is 5.75 Å². The SMILES string of the molecule is CCC(=O)Nc1c(CC)cccc1COc1ccc(C)cc1C. The summed E-state index contributed by atoms with van der Waals surface area (Å²) >= 11 is 0. The molecule has 1 N–H and O–H groups in total. The topological polar surface area (TPSA) is 38.3 Å². The molecule has 0 aliphatic rings. The number of benzene rings is 2. The molecule has 0 radical (unpaired) electrons. The average Bonchev–Trinajstić information content (AvgIpc) is 2.54. The van der Waals surface area contributed by atoms with Crippen LogP contribution in [0.25, 0.3) is 0 Å². The first-order valence-electron chi connectivity index (χ1n) is 8.15. The highest BCUT2D eigenvalue weighted by atomic mass is 16.5. The van der Waals surface area contributed by atoms with Gasteiger partial charge in [0, 0.05) is 12.0 Å². The number of hydrogen-bond donors (Lipinski definition) is 1. The molecule has 122 valence electrons. The molecule has 2 aromatic rings. The van der Waals surface area contributed by atoms with Gasteiger partial charge in [0.2, 0.25) is 5.91 Å². The third-order valence-corrected chi connectivity index (χ3v) is 3.92. The molecule has 0 aliphatic heterocycles.